The van der Waals surface area contributed by atoms with Crippen LogP contribution in [0.4, 0.5) is 5.69 Å². The van der Waals surface area contributed by atoms with E-state index in [9.17, 15) is 9.59 Å². The van der Waals surface area contributed by atoms with Gasteiger partial charge < -0.3 is 20.1 Å². The zero-order chi connectivity index (χ0) is 26.1. The van der Waals surface area contributed by atoms with Crippen LogP contribution in [0.5, 0.6) is 11.5 Å². The van der Waals surface area contributed by atoms with Gasteiger partial charge in [0.25, 0.3) is 5.91 Å². The topological polar surface area (TPSA) is 105 Å². The first-order chi connectivity index (χ1) is 17.5. The maximum atomic E-state index is 12.9. The highest BCUT2D eigenvalue weighted by molar-refractivity contribution is 7.08. The van der Waals surface area contributed by atoms with E-state index in [1.807, 2.05) is 34.6 Å². The van der Waals surface area contributed by atoms with E-state index in [1.165, 1.54) is 0 Å². The Labute approximate surface area is 216 Å². The number of fused-ring (bicyclic) bond motifs is 1. The molecule has 9 heteroatoms. The molecule has 0 saturated heterocycles. The maximum Gasteiger partial charge on any atom is 0.322 e. The Morgan fingerprint density at radius 2 is 1.94 bits per heavy atom. The Hall–Kier alpha value is -3.33. The molecular formula is C27H36N4O4S. The van der Waals surface area contributed by atoms with Crippen molar-refractivity contribution in [2.45, 2.75) is 66.0 Å². The molecule has 1 aliphatic rings. The summed E-state index contributed by atoms with van der Waals surface area (Å²) in [5.41, 5.74) is 3.67. The first-order valence-electron chi connectivity index (χ1n) is 12.6. The van der Waals surface area contributed by atoms with Crippen molar-refractivity contribution in [1.82, 2.24) is 15.5 Å². The molecule has 0 bridgehead atoms. The van der Waals surface area contributed by atoms with Crippen LogP contribution in [0, 0.1) is 6.92 Å². The van der Waals surface area contributed by atoms with E-state index in [0.29, 0.717) is 24.5 Å². The van der Waals surface area contributed by atoms with Crippen LogP contribution >= 0.6 is 11.3 Å². The highest BCUT2D eigenvalue weighted by atomic mass is 32.1. The van der Waals surface area contributed by atoms with Crippen LogP contribution in [-0.4, -0.2) is 35.3 Å². The first-order valence-corrected chi connectivity index (χ1v) is 13.4. The molecule has 0 fully saturated rings. The molecule has 2 heterocycles. The normalized spacial score (nSPS) is 13.7. The number of aromatic amines is 1. The number of carbonyl (C=O) groups is 1. The van der Waals surface area contributed by atoms with Crippen LogP contribution < -0.4 is 25.0 Å². The van der Waals surface area contributed by atoms with Crippen LogP contribution in [0.25, 0.3) is 0 Å². The lowest BCUT2D eigenvalue weighted by atomic mass is 9.95. The van der Waals surface area contributed by atoms with Gasteiger partial charge in [0.2, 0.25) is 0 Å². The summed E-state index contributed by atoms with van der Waals surface area (Å²) >= 11 is 1.10. The van der Waals surface area contributed by atoms with Crippen molar-refractivity contribution in [2.24, 2.45) is 0 Å². The number of hydrogen-bond donors (Lipinski definition) is 3. The Kier molecular flexibility index (Phi) is 9.93. The smallest absolute Gasteiger partial charge is 0.322 e. The Morgan fingerprint density at radius 3 is 2.58 bits per heavy atom. The molecule has 2 atom stereocenters. The molecular weight excluding hydrogens is 476 g/mol. The average molecular weight is 513 g/mol. The molecule has 0 spiro atoms. The summed E-state index contributed by atoms with van der Waals surface area (Å²) in [7, 11) is 0. The first kappa shape index (κ1) is 27.3. The van der Waals surface area contributed by atoms with E-state index < -0.39 is 0 Å². The summed E-state index contributed by atoms with van der Waals surface area (Å²) in [6, 6.07) is 11.1. The number of ether oxygens (including phenoxy) is 2. The predicted molar refractivity (Wildman–Crippen MR) is 145 cm³/mol. The molecule has 1 aliphatic heterocycles. The maximum absolute atomic E-state index is 12.9. The summed E-state index contributed by atoms with van der Waals surface area (Å²) in [6.07, 6.45) is 1.51. The van der Waals surface area contributed by atoms with Crippen molar-refractivity contribution in [3.8, 4) is 11.5 Å². The molecule has 1 amide bonds. The summed E-state index contributed by atoms with van der Waals surface area (Å²) in [5.74, 6) is 1.34. The number of nitrogens with one attached hydrogen (secondary N) is 3. The van der Waals surface area contributed by atoms with E-state index >= 15 is 0 Å². The van der Waals surface area contributed by atoms with Gasteiger partial charge in [-0.15, -0.1) is 0 Å². The number of benzene rings is 2. The zero-order valence-corrected chi connectivity index (χ0v) is 22.5. The molecule has 0 radical (unpaired) electrons. The lowest BCUT2D eigenvalue weighted by Gasteiger charge is -2.24. The third-order valence-electron chi connectivity index (χ3n) is 5.94. The summed E-state index contributed by atoms with van der Waals surface area (Å²) in [4.78, 5) is 24.2. The Morgan fingerprint density at radius 1 is 1.19 bits per heavy atom. The van der Waals surface area contributed by atoms with Gasteiger partial charge in [0.15, 0.2) is 0 Å². The highest BCUT2D eigenvalue weighted by Crippen LogP contribution is 2.33. The van der Waals surface area contributed by atoms with Gasteiger partial charge in [0, 0.05) is 29.6 Å². The monoisotopic (exact) mass is 512 g/mol. The van der Waals surface area contributed by atoms with E-state index in [4.69, 9.17) is 9.47 Å². The number of aromatic nitrogens is 2. The molecule has 194 valence electrons. The van der Waals surface area contributed by atoms with E-state index in [2.05, 4.69) is 33.0 Å². The van der Waals surface area contributed by atoms with Gasteiger partial charge in [-0.25, -0.2) is 5.10 Å². The molecule has 36 heavy (non-hydrogen) atoms. The van der Waals surface area contributed by atoms with Crippen molar-refractivity contribution >= 4 is 22.9 Å². The fraction of sp³-hybridized carbons (Fsp3) is 0.444. The van der Waals surface area contributed by atoms with Crippen LogP contribution in [0.15, 0.2) is 41.2 Å². The van der Waals surface area contributed by atoms with Crippen molar-refractivity contribution < 1.29 is 14.3 Å². The molecule has 2 unspecified atom stereocenters. The molecule has 1 aromatic heterocycles. The Balaban J connectivity index is 0.00000176. The number of rotatable bonds is 9. The van der Waals surface area contributed by atoms with Crippen molar-refractivity contribution in [1.29, 1.82) is 0 Å². The minimum Gasteiger partial charge on any atom is -0.489 e. The lowest BCUT2D eigenvalue weighted by molar-refractivity contribution is 0.0928. The van der Waals surface area contributed by atoms with Crippen molar-refractivity contribution in [3.63, 3.8) is 0 Å². The van der Waals surface area contributed by atoms with Gasteiger partial charge in [0.05, 0.1) is 5.69 Å². The number of carbonyl (C=O) groups excluding carboxylic acids is 1. The van der Waals surface area contributed by atoms with Crippen LogP contribution in [0.1, 0.15) is 72.9 Å². The molecule has 2 aromatic carbocycles. The summed E-state index contributed by atoms with van der Waals surface area (Å²) in [5, 5.41) is 13.8. The predicted octanol–water partition coefficient (Wildman–Crippen LogP) is 5.25. The second-order valence-electron chi connectivity index (χ2n) is 8.34. The van der Waals surface area contributed by atoms with Gasteiger partial charge in [-0.2, -0.15) is 5.10 Å². The Bertz CT molecular complexity index is 1190. The van der Waals surface area contributed by atoms with Crippen molar-refractivity contribution in [2.75, 3.05) is 18.5 Å². The zero-order valence-electron chi connectivity index (χ0n) is 21.6. The van der Waals surface area contributed by atoms with E-state index in [-0.39, 0.29) is 22.7 Å². The van der Waals surface area contributed by atoms with Gasteiger partial charge >= 0.3 is 4.87 Å². The summed E-state index contributed by atoms with van der Waals surface area (Å²) in [6.45, 7) is 11.9. The second kappa shape index (κ2) is 13.1. The number of amides is 1. The molecule has 3 aromatic rings. The summed E-state index contributed by atoms with van der Waals surface area (Å²) < 4.78 is 11.8. The fourth-order valence-corrected chi connectivity index (χ4v) is 5.08. The van der Waals surface area contributed by atoms with Gasteiger partial charge in [0.1, 0.15) is 29.7 Å². The highest BCUT2D eigenvalue weighted by Gasteiger charge is 2.25. The fourth-order valence-electron chi connectivity index (χ4n) is 4.23. The largest absolute Gasteiger partial charge is 0.489 e. The second-order valence-corrected chi connectivity index (χ2v) is 9.34. The number of hydrogen-bond acceptors (Lipinski definition) is 7. The van der Waals surface area contributed by atoms with Gasteiger partial charge in [-0.1, -0.05) is 39.0 Å². The quantitative estimate of drug-likeness (QED) is 0.362. The minimum absolute atomic E-state index is 0.0162. The number of nitrogens with zero attached hydrogens (tertiary/aromatic N) is 1. The van der Waals surface area contributed by atoms with Crippen molar-refractivity contribution in [3.05, 3.63) is 67.8 Å². The standard InChI is InChI=1S/C25H30N4O4S.C2H6/c1-4-19(24-28-29-25(31)34-24)20(5-2)27-23(30)16-6-8-18(9-7-16)33-14-17-12-15(3)13-21-22(17)32-11-10-26-21;1-2/h6-9,12-13,19-20,26H,4-5,10-11,14H2,1-3H3,(H,27,30)(H,29,31);1-2H3. The van der Waals surface area contributed by atoms with Crippen LogP contribution in [0.3, 0.4) is 0 Å². The van der Waals surface area contributed by atoms with E-state index in [0.717, 1.165) is 58.3 Å². The number of H-pyrrole nitrogens is 1. The van der Waals surface area contributed by atoms with Crippen LogP contribution in [-0.2, 0) is 6.61 Å². The minimum atomic E-state index is -0.181. The molecule has 4 rings (SSSR count). The van der Waals surface area contributed by atoms with Gasteiger partial charge in [-0.05, 0) is 61.7 Å². The molecule has 0 aliphatic carbocycles. The van der Waals surface area contributed by atoms with E-state index in [1.54, 1.807) is 24.3 Å². The third-order valence-corrected chi connectivity index (χ3v) is 6.82. The molecule has 3 N–H and O–H groups in total. The number of anilines is 1. The SMILES string of the molecule is CC.CCC(NC(=O)c1ccc(OCc2cc(C)cc3c2OCCN3)cc1)C(CC)c1n[nH]c(=O)s1. The molecule has 0 saturated carbocycles. The average Bonchev–Trinajstić information content (AvgIpc) is 3.34. The van der Waals surface area contributed by atoms with Gasteiger partial charge in [-0.3, -0.25) is 9.59 Å². The third kappa shape index (κ3) is 6.66. The lowest BCUT2D eigenvalue weighted by Crippen LogP contribution is -2.38. The molecule has 8 nitrogen and oxygen atoms in total. The van der Waals surface area contributed by atoms with Crippen LogP contribution in [0.2, 0.25) is 0 Å². The number of aryl methyl sites for hydroxylation is 1.